The van der Waals surface area contributed by atoms with E-state index in [1.807, 2.05) is 0 Å². The van der Waals surface area contributed by atoms with Crippen LogP contribution < -0.4 is 5.32 Å². The molecule has 96 valence electrons. The van der Waals surface area contributed by atoms with Crippen molar-refractivity contribution in [1.82, 2.24) is 14.6 Å². The minimum atomic E-state index is -3.42. The van der Waals surface area contributed by atoms with Crippen LogP contribution in [0, 0.1) is 0 Å². The summed E-state index contributed by atoms with van der Waals surface area (Å²) in [5.74, 6) is 0. The third kappa shape index (κ3) is 3.76. The molecular formula is C11H19N3O2S. The highest BCUT2D eigenvalue weighted by Gasteiger charge is 2.18. The number of nitrogens with zero attached hydrogens (tertiary/aromatic N) is 2. The third-order valence-corrected chi connectivity index (χ3v) is 4.03. The van der Waals surface area contributed by atoms with Crippen LogP contribution in [-0.2, 0) is 16.6 Å². The molecule has 5 nitrogen and oxygen atoms in total. The molecule has 0 atom stereocenters. The van der Waals surface area contributed by atoms with E-state index in [0.29, 0.717) is 6.54 Å². The van der Waals surface area contributed by atoms with Gasteiger partial charge in [0.25, 0.3) is 10.0 Å². The maximum absolute atomic E-state index is 11.8. The van der Waals surface area contributed by atoms with Crippen LogP contribution in [0.25, 0.3) is 0 Å². The fourth-order valence-electron chi connectivity index (χ4n) is 1.26. The van der Waals surface area contributed by atoms with E-state index in [1.54, 1.807) is 12.3 Å². The lowest BCUT2D eigenvalue weighted by atomic mass is 10.3. The van der Waals surface area contributed by atoms with Crippen molar-refractivity contribution in [2.45, 2.75) is 24.9 Å². The molecular weight excluding hydrogens is 238 g/mol. The Morgan fingerprint density at radius 3 is 2.53 bits per heavy atom. The number of pyridine rings is 1. The van der Waals surface area contributed by atoms with E-state index in [9.17, 15) is 8.42 Å². The molecule has 1 rings (SSSR count). The molecule has 1 heterocycles. The molecule has 0 fully saturated rings. The fourth-order valence-corrected chi connectivity index (χ4v) is 2.06. The third-order valence-electron chi connectivity index (χ3n) is 2.30. The molecule has 0 amide bonds. The molecule has 1 N–H and O–H groups in total. The zero-order valence-corrected chi connectivity index (χ0v) is 11.3. The van der Waals surface area contributed by atoms with Crippen LogP contribution in [0.3, 0.4) is 0 Å². The Hall–Kier alpha value is -0.980. The van der Waals surface area contributed by atoms with E-state index >= 15 is 0 Å². The summed E-state index contributed by atoms with van der Waals surface area (Å²) in [4.78, 5) is 3.98. The second kappa shape index (κ2) is 6.09. The topological polar surface area (TPSA) is 62.3 Å². The van der Waals surface area contributed by atoms with Crippen LogP contribution in [0.15, 0.2) is 23.4 Å². The Balaban J connectivity index is 2.75. The smallest absolute Gasteiger partial charge is 0.260 e. The van der Waals surface area contributed by atoms with Crippen LogP contribution in [0.1, 0.15) is 18.9 Å². The lowest BCUT2D eigenvalue weighted by Gasteiger charge is -2.10. The van der Waals surface area contributed by atoms with Crippen molar-refractivity contribution in [1.29, 1.82) is 0 Å². The van der Waals surface area contributed by atoms with E-state index in [-0.39, 0.29) is 5.03 Å². The minimum absolute atomic E-state index is 0.0849. The zero-order valence-electron chi connectivity index (χ0n) is 10.5. The van der Waals surface area contributed by atoms with Gasteiger partial charge in [0.15, 0.2) is 5.03 Å². The molecule has 0 radical (unpaired) electrons. The number of nitrogens with one attached hydrogen (secondary N) is 1. The molecule has 1 aromatic rings. The molecule has 0 bridgehead atoms. The Labute approximate surface area is 103 Å². The number of aromatic nitrogens is 1. The summed E-state index contributed by atoms with van der Waals surface area (Å²) in [5, 5.41) is 3.32. The van der Waals surface area contributed by atoms with Gasteiger partial charge in [0, 0.05) is 26.8 Å². The Morgan fingerprint density at radius 1 is 1.35 bits per heavy atom. The molecule has 0 saturated carbocycles. The SMILES string of the molecule is CCCNCc1ccc(S(=O)(=O)N(C)C)nc1. The van der Waals surface area contributed by atoms with Crippen molar-refractivity contribution in [3.63, 3.8) is 0 Å². The first-order valence-electron chi connectivity index (χ1n) is 5.56. The summed E-state index contributed by atoms with van der Waals surface area (Å²) in [6.45, 7) is 3.75. The maximum atomic E-state index is 11.8. The van der Waals surface area contributed by atoms with Crippen LogP contribution in [0.5, 0.6) is 0 Å². The maximum Gasteiger partial charge on any atom is 0.260 e. The monoisotopic (exact) mass is 257 g/mol. The van der Waals surface area contributed by atoms with E-state index in [4.69, 9.17) is 0 Å². The van der Waals surface area contributed by atoms with Gasteiger partial charge >= 0.3 is 0 Å². The van der Waals surface area contributed by atoms with Gasteiger partial charge in [-0.25, -0.2) is 17.7 Å². The van der Waals surface area contributed by atoms with E-state index in [0.717, 1.165) is 22.8 Å². The molecule has 6 heteroatoms. The van der Waals surface area contributed by atoms with Crippen molar-refractivity contribution in [2.75, 3.05) is 20.6 Å². The zero-order chi connectivity index (χ0) is 12.9. The highest BCUT2D eigenvalue weighted by molar-refractivity contribution is 7.89. The van der Waals surface area contributed by atoms with Gasteiger partial charge in [0.1, 0.15) is 0 Å². The van der Waals surface area contributed by atoms with Gasteiger partial charge in [-0.1, -0.05) is 13.0 Å². The van der Waals surface area contributed by atoms with Gasteiger partial charge in [-0.3, -0.25) is 0 Å². The lowest BCUT2D eigenvalue weighted by Crippen LogP contribution is -2.23. The van der Waals surface area contributed by atoms with Gasteiger partial charge in [0.05, 0.1) is 0 Å². The second-order valence-electron chi connectivity index (χ2n) is 3.97. The first-order chi connectivity index (χ1) is 7.98. The first-order valence-corrected chi connectivity index (χ1v) is 7.00. The Bertz CT molecular complexity index is 440. The summed E-state index contributed by atoms with van der Waals surface area (Å²) >= 11 is 0. The summed E-state index contributed by atoms with van der Waals surface area (Å²) in [5.41, 5.74) is 0.983. The summed E-state index contributed by atoms with van der Waals surface area (Å²) in [6, 6.07) is 3.32. The van der Waals surface area contributed by atoms with Gasteiger partial charge in [-0.05, 0) is 24.6 Å². The van der Waals surface area contributed by atoms with Crippen molar-refractivity contribution in [3.8, 4) is 0 Å². The van der Waals surface area contributed by atoms with Crippen LogP contribution in [-0.4, -0.2) is 38.3 Å². The van der Waals surface area contributed by atoms with Gasteiger partial charge < -0.3 is 5.32 Å². The normalized spacial score (nSPS) is 12.0. The molecule has 0 aliphatic heterocycles. The summed E-state index contributed by atoms with van der Waals surface area (Å²) < 4.78 is 24.7. The fraction of sp³-hybridized carbons (Fsp3) is 0.545. The second-order valence-corrected chi connectivity index (χ2v) is 6.07. The number of hydrogen-bond acceptors (Lipinski definition) is 4. The lowest BCUT2D eigenvalue weighted by molar-refractivity contribution is 0.516. The number of hydrogen-bond donors (Lipinski definition) is 1. The van der Waals surface area contributed by atoms with E-state index in [1.165, 1.54) is 20.2 Å². The molecule has 0 aromatic carbocycles. The average molecular weight is 257 g/mol. The van der Waals surface area contributed by atoms with Crippen molar-refractivity contribution < 1.29 is 8.42 Å². The number of sulfonamides is 1. The summed E-state index contributed by atoms with van der Waals surface area (Å²) in [7, 11) is -0.429. The van der Waals surface area contributed by atoms with Crippen LogP contribution in [0.4, 0.5) is 0 Å². The Morgan fingerprint density at radius 2 is 2.06 bits per heavy atom. The highest BCUT2D eigenvalue weighted by atomic mass is 32.2. The van der Waals surface area contributed by atoms with Crippen molar-refractivity contribution in [2.24, 2.45) is 0 Å². The standard InChI is InChI=1S/C11H19N3O2S/c1-4-7-12-8-10-5-6-11(13-9-10)17(15,16)14(2)3/h5-6,9,12H,4,7-8H2,1-3H3. The predicted molar refractivity (Wildman–Crippen MR) is 67.1 cm³/mol. The molecule has 17 heavy (non-hydrogen) atoms. The molecule has 0 spiro atoms. The largest absolute Gasteiger partial charge is 0.313 e. The van der Waals surface area contributed by atoms with Crippen LogP contribution >= 0.6 is 0 Å². The van der Waals surface area contributed by atoms with Gasteiger partial charge in [-0.2, -0.15) is 0 Å². The predicted octanol–water partition coefficient (Wildman–Crippen LogP) is 0.831. The quantitative estimate of drug-likeness (QED) is 0.767. The molecule has 0 unspecified atom stereocenters. The minimum Gasteiger partial charge on any atom is -0.313 e. The Kier molecular flexibility index (Phi) is 5.04. The highest BCUT2D eigenvalue weighted by Crippen LogP contribution is 2.10. The average Bonchev–Trinajstić information content (AvgIpc) is 2.30. The van der Waals surface area contributed by atoms with Gasteiger partial charge in [-0.15, -0.1) is 0 Å². The summed E-state index contributed by atoms with van der Waals surface area (Å²) in [6.07, 6.45) is 2.67. The molecule has 1 aromatic heterocycles. The van der Waals surface area contributed by atoms with Crippen LogP contribution in [0.2, 0.25) is 0 Å². The van der Waals surface area contributed by atoms with Crippen molar-refractivity contribution in [3.05, 3.63) is 23.9 Å². The van der Waals surface area contributed by atoms with Gasteiger partial charge in [0.2, 0.25) is 0 Å². The molecule has 0 aliphatic carbocycles. The number of rotatable bonds is 6. The van der Waals surface area contributed by atoms with E-state index < -0.39 is 10.0 Å². The van der Waals surface area contributed by atoms with Crippen molar-refractivity contribution >= 4 is 10.0 Å². The first kappa shape index (κ1) is 14.1. The molecule has 0 aliphatic rings. The van der Waals surface area contributed by atoms with E-state index in [2.05, 4.69) is 17.2 Å². The molecule has 0 saturated heterocycles.